The number of rotatable bonds is 2. The van der Waals surface area contributed by atoms with Gasteiger partial charge in [-0.3, -0.25) is 4.79 Å². The van der Waals surface area contributed by atoms with Crippen LogP contribution in [0.1, 0.15) is 64.7 Å². The minimum absolute atomic E-state index is 0.0705. The van der Waals surface area contributed by atoms with Crippen molar-refractivity contribution < 1.29 is 9.53 Å². The Morgan fingerprint density at radius 1 is 1.32 bits per heavy atom. The minimum Gasteiger partial charge on any atom is -0.375 e. The Hall–Kier alpha value is -0.630. The van der Waals surface area contributed by atoms with Crippen molar-refractivity contribution in [2.45, 2.75) is 70.3 Å². The molecule has 3 rings (SSSR count). The van der Waals surface area contributed by atoms with E-state index in [1.807, 2.05) is 0 Å². The summed E-state index contributed by atoms with van der Waals surface area (Å²) >= 11 is 0. The highest BCUT2D eigenvalue weighted by Crippen LogP contribution is 2.43. The molecule has 0 radical (unpaired) electrons. The predicted molar refractivity (Wildman–Crippen MR) is 76.0 cm³/mol. The Kier molecular flexibility index (Phi) is 3.79. The van der Waals surface area contributed by atoms with Gasteiger partial charge in [0, 0.05) is 12.5 Å². The van der Waals surface area contributed by atoms with Crippen LogP contribution in [0.3, 0.4) is 0 Å². The normalized spacial score (nSPS) is 34.3. The zero-order valence-electron chi connectivity index (χ0n) is 12.1. The van der Waals surface area contributed by atoms with Crippen LogP contribution in [0.5, 0.6) is 0 Å². The summed E-state index contributed by atoms with van der Waals surface area (Å²) in [7, 11) is 0. The Bertz CT molecular complexity index is 377. The number of Topliss-reactive ketones (excluding diaryl/α,β-unsaturated/α-hetero) is 1. The molecular weight excluding hydrogens is 236 g/mol. The number of hydrogen-bond donors (Lipinski definition) is 0. The van der Waals surface area contributed by atoms with Gasteiger partial charge in [-0.25, -0.2) is 0 Å². The number of allylic oxidation sites excluding steroid dienone is 2. The fourth-order valence-corrected chi connectivity index (χ4v) is 4.07. The van der Waals surface area contributed by atoms with Crippen LogP contribution in [0.25, 0.3) is 0 Å². The average Bonchev–Trinajstić information content (AvgIpc) is 2.87. The first-order valence-electron chi connectivity index (χ1n) is 8.06. The van der Waals surface area contributed by atoms with Crippen molar-refractivity contribution in [2.24, 2.45) is 11.8 Å². The highest BCUT2D eigenvalue weighted by Gasteiger charge is 2.42. The second-order valence-electron chi connectivity index (χ2n) is 6.90. The summed E-state index contributed by atoms with van der Waals surface area (Å²) in [6.07, 6.45) is 12.3. The van der Waals surface area contributed by atoms with E-state index in [9.17, 15) is 4.79 Å². The van der Waals surface area contributed by atoms with E-state index in [-0.39, 0.29) is 11.5 Å². The van der Waals surface area contributed by atoms with Crippen LogP contribution in [-0.2, 0) is 9.53 Å². The summed E-state index contributed by atoms with van der Waals surface area (Å²) in [6, 6.07) is 0. The molecule has 2 atom stereocenters. The number of carbonyl (C=O) groups is 1. The third-order valence-electron chi connectivity index (χ3n) is 5.37. The van der Waals surface area contributed by atoms with Crippen LogP contribution in [0.15, 0.2) is 11.6 Å². The molecule has 0 N–H and O–H groups in total. The number of ketones is 1. The Morgan fingerprint density at radius 2 is 2.11 bits per heavy atom. The lowest BCUT2D eigenvalue weighted by molar-refractivity contribution is -0.133. The molecule has 0 aromatic heterocycles. The third kappa shape index (κ3) is 2.79. The average molecular weight is 262 g/mol. The maximum absolute atomic E-state index is 12.7. The van der Waals surface area contributed by atoms with Crippen molar-refractivity contribution >= 4 is 5.78 Å². The standard InChI is InChI=1S/C17H26O2/c1-13-4-6-14(7-5-13)16(18)15-8-11-19-17(12-15)9-2-3-10-17/h6,13,15H,2-5,7-12H2,1H3. The molecule has 19 heavy (non-hydrogen) atoms. The van der Waals surface area contributed by atoms with E-state index in [4.69, 9.17) is 4.74 Å². The van der Waals surface area contributed by atoms with Crippen LogP contribution in [0.2, 0.25) is 0 Å². The van der Waals surface area contributed by atoms with Gasteiger partial charge in [-0.2, -0.15) is 0 Å². The summed E-state index contributed by atoms with van der Waals surface area (Å²) in [4.78, 5) is 12.7. The number of carbonyl (C=O) groups excluding carboxylic acids is 1. The van der Waals surface area contributed by atoms with Crippen LogP contribution in [-0.4, -0.2) is 18.0 Å². The lowest BCUT2D eigenvalue weighted by atomic mass is 9.78. The third-order valence-corrected chi connectivity index (χ3v) is 5.37. The molecule has 2 unspecified atom stereocenters. The summed E-state index contributed by atoms with van der Waals surface area (Å²) in [5, 5.41) is 0. The minimum atomic E-state index is 0.0705. The van der Waals surface area contributed by atoms with E-state index in [0.29, 0.717) is 5.78 Å². The quantitative estimate of drug-likeness (QED) is 0.750. The monoisotopic (exact) mass is 262 g/mol. The Morgan fingerprint density at radius 3 is 2.79 bits per heavy atom. The maximum atomic E-state index is 12.7. The summed E-state index contributed by atoms with van der Waals surface area (Å²) in [6.45, 7) is 3.07. The van der Waals surface area contributed by atoms with Gasteiger partial charge in [0.15, 0.2) is 5.78 Å². The molecule has 1 aliphatic heterocycles. The topological polar surface area (TPSA) is 26.3 Å². The molecule has 2 aliphatic carbocycles. The van der Waals surface area contributed by atoms with Gasteiger partial charge in [0.05, 0.1) is 5.60 Å². The molecule has 0 amide bonds. The lowest BCUT2D eigenvalue weighted by Gasteiger charge is -2.38. The highest BCUT2D eigenvalue weighted by molar-refractivity contribution is 5.97. The maximum Gasteiger partial charge on any atom is 0.161 e. The molecule has 2 fully saturated rings. The van der Waals surface area contributed by atoms with Crippen LogP contribution >= 0.6 is 0 Å². The van der Waals surface area contributed by atoms with Crippen LogP contribution in [0, 0.1) is 11.8 Å². The SMILES string of the molecule is CC1CC=C(C(=O)C2CCOC3(CCCC3)C2)CC1. The van der Waals surface area contributed by atoms with Crippen LogP contribution in [0.4, 0.5) is 0 Å². The molecule has 2 heteroatoms. The summed E-state index contributed by atoms with van der Waals surface area (Å²) in [5.74, 6) is 1.44. The molecule has 0 aromatic rings. The second-order valence-corrected chi connectivity index (χ2v) is 6.90. The van der Waals surface area contributed by atoms with E-state index in [1.54, 1.807) is 0 Å². The molecular formula is C17H26O2. The van der Waals surface area contributed by atoms with Crippen molar-refractivity contribution in [3.63, 3.8) is 0 Å². The first kappa shape index (κ1) is 13.4. The predicted octanol–water partition coefficient (Wildman–Crippen LogP) is 4.04. The molecule has 0 aromatic carbocycles. The largest absolute Gasteiger partial charge is 0.375 e. The zero-order valence-corrected chi connectivity index (χ0v) is 12.1. The van der Waals surface area contributed by atoms with Crippen molar-refractivity contribution in [1.29, 1.82) is 0 Å². The molecule has 3 aliphatic rings. The molecule has 1 spiro atoms. The van der Waals surface area contributed by atoms with Gasteiger partial charge in [-0.1, -0.05) is 25.8 Å². The van der Waals surface area contributed by atoms with Crippen molar-refractivity contribution in [1.82, 2.24) is 0 Å². The van der Waals surface area contributed by atoms with E-state index >= 15 is 0 Å². The molecule has 1 saturated carbocycles. The van der Waals surface area contributed by atoms with E-state index in [0.717, 1.165) is 43.8 Å². The van der Waals surface area contributed by atoms with Gasteiger partial charge >= 0.3 is 0 Å². The smallest absolute Gasteiger partial charge is 0.161 e. The Labute approximate surface area is 116 Å². The molecule has 106 valence electrons. The second kappa shape index (κ2) is 5.40. The van der Waals surface area contributed by atoms with E-state index in [2.05, 4.69) is 13.0 Å². The molecule has 1 heterocycles. The highest BCUT2D eigenvalue weighted by atomic mass is 16.5. The summed E-state index contributed by atoms with van der Waals surface area (Å²) < 4.78 is 6.04. The van der Waals surface area contributed by atoms with Gasteiger partial charge in [0.2, 0.25) is 0 Å². The lowest BCUT2D eigenvalue weighted by Crippen LogP contribution is -2.40. The van der Waals surface area contributed by atoms with Crippen molar-refractivity contribution in [2.75, 3.05) is 6.61 Å². The fourth-order valence-electron chi connectivity index (χ4n) is 4.07. The fraction of sp³-hybridized carbons (Fsp3) is 0.824. The number of ether oxygens (including phenoxy) is 1. The van der Waals surface area contributed by atoms with Gasteiger partial charge in [-0.15, -0.1) is 0 Å². The van der Waals surface area contributed by atoms with Crippen molar-refractivity contribution in [3.8, 4) is 0 Å². The first-order chi connectivity index (χ1) is 9.19. The van der Waals surface area contributed by atoms with Gasteiger partial charge in [0.1, 0.15) is 0 Å². The van der Waals surface area contributed by atoms with Crippen LogP contribution < -0.4 is 0 Å². The first-order valence-corrected chi connectivity index (χ1v) is 8.06. The molecule has 1 saturated heterocycles. The Balaban J connectivity index is 1.66. The molecule has 2 nitrogen and oxygen atoms in total. The van der Waals surface area contributed by atoms with E-state index < -0.39 is 0 Å². The zero-order chi connectivity index (χ0) is 13.3. The summed E-state index contributed by atoms with van der Waals surface area (Å²) in [5.41, 5.74) is 1.19. The van der Waals surface area contributed by atoms with Gasteiger partial charge in [0.25, 0.3) is 0 Å². The van der Waals surface area contributed by atoms with Gasteiger partial charge in [-0.05, 0) is 56.4 Å². The van der Waals surface area contributed by atoms with Crippen molar-refractivity contribution in [3.05, 3.63) is 11.6 Å². The van der Waals surface area contributed by atoms with Gasteiger partial charge < -0.3 is 4.74 Å². The number of hydrogen-bond acceptors (Lipinski definition) is 2. The molecule has 0 bridgehead atoms. The van der Waals surface area contributed by atoms with E-state index in [1.165, 1.54) is 32.1 Å².